The van der Waals surface area contributed by atoms with Gasteiger partial charge in [-0.05, 0) is 11.1 Å². The quantitative estimate of drug-likeness (QED) is 0.708. The molecule has 0 atom stereocenters. The van der Waals surface area contributed by atoms with Crippen molar-refractivity contribution < 1.29 is 0 Å². The monoisotopic (exact) mass is 284 g/mol. The lowest BCUT2D eigenvalue weighted by Gasteiger charge is -2.01. The Morgan fingerprint density at radius 1 is 0.947 bits per heavy atom. The van der Waals surface area contributed by atoms with E-state index >= 15 is 0 Å². The van der Waals surface area contributed by atoms with Gasteiger partial charge in [-0.2, -0.15) is 0 Å². The van der Waals surface area contributed by atoms with Gasteiger partial charge in [0.05, 0.1) is 4.20 Å². The highest BCUT2D eigenvalue weighted by Gasteiger charge is 1.98. The minimum Gasteiger partial charge on any atom is -0.114 e. The average molecular weight is 284 g/mol. The lowest BCUT2D eigenvalue weighted by molar-refractivity contribution is 1.37. The lowest BCUT2D eigenvalue weighted by atomic mass is 10.2. The van der Waals surface area contributed by atoms with Crippen molar-refractivity contribution in [2.75, 3.05) is 5.75 Å². The van der Waals surface area contributed by atoms with Gasteiger partial charge in [-0.25, -0.2) is 0 Å². The highest BCUT2D eigenvalue weighted by molar-refractivity contribution is 8.23. The van der Waals surface area contributed by atoms with E-state index in [-0.39, 0.29) is 0 Å². The van der Waals surface area contributed by atoms with E-state index < -0.39 is 0 Å². The SMILES string of the molecule is S=C(Cc1ccccc1)SCC=Cc1ccccc1. The molecular weight excluding hydrogens is 268 g/mol. The molecule has 19 heavy (non-hydrogen) atoms. The van der Waals surface area contributed by atoms with Crippen LogP contribution in [0.5, 0.6) is 0 Å². The van der Waals surface area contributed by atoms with Crippen molar-refractivity contribution in [2.45, 2.75) is 6.42 Å². The molecule has 0 radical (unpaired) electrons. The first-order valence-corrected chi connectivity index (χ1v) is 7.65. The smallest absolute Gasteiger partial charge is 0.0525 e. The van der Waals surface area contributed by atoms with E-state index in [1.807, 2.05) is 24.3 Å². The zero-order chi connectivity index (χ0) is 13.3. The molecule has 0 aliphatic rings. The van der Waals surface area contributed by atoms with Crippen LogP contribution in [0.15, 0.2) is 66.7 Å². The number of thioether (sulfide) groups is 1. The molecule has 0 aromatic heterocycles. The molecule has 0 saturated carbocycles. The van der Waals surface area contributed by atoms with Crippen molar-refractivity contribution in [1.82, 2.24) is 0 Å². The van der Waals surface area contributed by atoms with Crippen LogP contribution in [0.4, 0.5) is 0 Å². The predicted octanol–water partition coefficient (Wildman–Crippen LogP) is 5.00. The fourth-order valence-electron chi connectivity index (χ4n) is 1.70. The van der Waals surface area contributed by atoms with E-state index in [2.05, 4.69) is 48.6 Å². The number of hydrogen-bond acceptors (Lipinski definition) is 2. The fraction of sp³-hybridized carbons (Fsp3) is 0.118. The minimum absolute atomic E-state index is 0.875. The summed E-state index contributed by atoms with van der Waals surface area (Å²) in [6.45, 7) is 0. The number of rotatable bonds is 5. The second-order valence-corrected chi connectivity index (χ2v) is 6.02. The normalized spacial score (nSPS) is 10.7. The Bertz CT molecular complexity index is 530. The second-order valence-electron chi connectivity index (χ2n) is 4.16. The predicted molar refractivity (Wildman–Crippen MR) is 90.7 cm³/mol. The molecule has 0 bridgehead atoms. The van der Waals surface area contributed by atoms with Gasteiger partial charge in [0.1, 0.15) is 0 Å². The van der Waals surface area contributed by atoms with Gasteiger partial charge in [0.15, 0.2) is 0 Å². The van der Waals surface area contributed by atoms with E-state index in [1.165, 1.54) is 11.1 Å². The first-order valence-electron chi connectivity index (χ1n) is 6.26. The summed E-state index contributed by atoms with van der Waals surface area (Å²) in [5, 5.41) is 0. The maximum Gasteiger partial charge on any atom is 0.0525 e. The number of benzene rings is 2. The summed E-state index contributed by atoms with van der Waals surface area (Å²) in [6, 6.07) is 20.7. The van der Waals surface area contributed by atoms with Crippen molar-refractivity contribution in [2.24, 2.45) is 0 Å². The fourth-order valence-corrected chi connectivity index (χ4v) is 2.72. The van der Waals surface area contributed by atoms with Crippen LogP contribution in [0.25, 0.3) is 6.08 Å². The molecule has 0 unspecified atom stereocenters. The van der Waals surface area contributed by atoms with E-state index in [0.29, 0.717) is 0 Å². The molecule has 0 N–H and O–H groups in total. The Kier molecular flexibility index (Phi) is 5.86. The molecule has 2 aromatic carbocycles. The van der Waals surface area contributed by atoms with Gasteiger partial charge in [0.2, 0.25) is 0 Å². The topological polar surface area (TPSA) is 0 Å². The number of hydrogen-bond donors (Lipinski definition) is 0. The van der Waals surface area contributed by atoms with Crippen LogP contribution in [-0.2, 0) is 6.42 Å². The molecule has 0 fully saturated rings. The van der Waals surface area contributed by atoms with Crippen molar-refractivity contribution >= 4 is 34.3 Å². The van der Waals surface area contributed by atoms with Crippen LogP contribution >= 0.6 is 24.0 Å². The molecule has 0 amide bonds. The minimum atomic E-state index is 0.875. The zero-order valence-corrected chi connectivity index (χ0v) is 12.3. The molecule has 2 rings (SSSR count). The summed E-state index contributed by atoms with van der Waals surface area (Å²) in [4.78, 5) is 0. The van der Waals surface area contributed by atoms with Gasteiger partial charge in [-0.15, -0.1) is 11.8 Å². The Hall–Kier alpha value is -1.38. The van der Waals surface area contributed by atoms with Gasteiger partial charge in [-0.3, -0.25) is 0 Å². The molecular formula is C17H16S2. The first-order chi connectivity index (χ1) is 9.34. The highest BCUT2D eigenvalue weighted by Crippen LogP contribution is 2.12. The Labute approximate surface area is 124 Å². The molecule has 0 spiro atoms. The standard InChI is InChI=1S/C17H16S2/c18-17(14-16-10-5-2-6-11-16)19-13-7-12-15-8-3-1-4-9-15/h1-12H,13-14H2. The van der Waals surface area contributed by atoms with E-state index in [4.69, 9.17) is 12.2 Å². The van der Waals surface area contributed by atoms with Gasteiger partial charge in [0.25, 0.3) is 0 Å². The van der Waals surface area contributed by atoms with Crippen LogP contribution in [0.1, 0.15) is 11.1 Å². The summed E-state index contributed by atoms with van der Waals surface area (Å²) in [7, 11) is 0. The summed E-state index contributed by atoms with van der Waals surface area (Å²) < 4.78 is 1.05. The second kappa shape index (κ2) is 7.93. The van der Waals surface area contributed by atoms with Crippen molar-refractivity contribution in [3.63, 3.8) is 0 Å². The first kappa shape index (κ1) is 14.0. The summed E-state index contributed by atoms with van der Waals surface area (Å²) in [5.74, 6) is 0.931. The molecule has 2 heteroatoms. The molecule has 0 nitrogen and oxygen atoms in total. The van der Waals surface area contributed by atoms with E-state index in [1.54, 1.807) is 11.8 Å². The van der Waals surface area contributed by atoms with Crippen LogP contribution in [0.2, 0.25) is 0 Å². The average Bonchev–Trinajstić information content (AvgIpc) is 2.46. The molecule has 0 aliphatic heterocycles. The Morgan fingerprint density at radius 2 is 1.58 bits per heavy atom. The summed E-state index contributed by atoms with van der Waals surface area (Å²) >= 11 is 7.13. The molecule has 96 valence electrons. The van der Waals surface area contributed by atoms with Crippen molar-refractivity contribution in [3.05, 3.63) is 77.9 Å². The van der Waals surface area contributed by atoms with E-state index in [9.17, 15) is 0 Å². The van der Waals surface area contributed by atoms with Crippen molar-refractivity contribution in [3.8, 4) is 0 Å². The maximum atomic E-state index is 5.40. The van der Waals surface area contributed by atoms with Crippen LogP contribution in [0, 0.1) is 0 Å². The summed E-state index contributed by atoms with van der Waals surface area (Å²) in [5.41, 5.74) is 2.52. The third-order valence-electron chi connectivity index (χ3n) is 2.64. The van der Waals surface area contributed by atoms with Crippen LogP contribution < -0.4 is 0 Å². The van der Waals surface area contributed by atoms with Gasteiger partial charge in [-0.1, -0.05) is 85.0 Å². The Morgan fingerprint density at radius 3 is 2.26 bits per heavy atom. The highest BCUT2D eigenvalue weighted by atomic mass is 32.2. The van der Waals surface area contributed by atoms with Crippen molar-refractivity contribution in [1.29, 1.82) is 0 Å². The summed E-state index contributed by atoms with van der Waals surface area (Å²) in [6.07, 6.45) is 5.18. The van der Waals surface area contributed by atoms with Crippen LogP contribution in [0.3, 0.4) is 0 Å². The lowest BCUT2D eigenvalue weighted by Crippen LogP contribution is -1.95. The van der Waals surface area contributed by atoms with Gasteiger partial charge >= 0.3 is 0 Å². The van der Waals surface area contributed by atoms with Gasteiger partial charge in [0, 0.05) is 12.2 Å². The zero-order valence-electron chi connectivity index (χ0n) is 10.7. The molecule has 0 heterocycles. The number of thiocarbonyl (C=S) groups is 1. The van der Waals surface area contributed by atoms with Crippen LogP contribution in [-0.4, -0.2) is 9.95 Å². The van der Waals surface area contributed by atoms with Gasteiger partial charge < -0.3 is 0 Å². The third kappa shape index (κ3) is 5.41. The molecule has 2 aromatic rings. The largest absolute Gasteiger partial charge is 0.114 e. The molecule has 0 saturated heterocycles. The third-order valence-corrected chi connectivity index (χ3v) is 3.97. The Balaban J connectivity index is 1.74. The maximum absolute atomic E-state index is 5.40. The van der Waals surface area contributed by atoms with E-state index in [0.717, 1.165) is 16.4 Å². The molecule has 0 aliphatic carbocycles.